The third kappa shape index (κ3) is 6.85. The highest BCUT2D eigenvalue weighted by Crippen LogP contribution is 2.38. The Morgan fingerprint density at radius 2 is 1.36 bits per heavy atom. The number of benzene rings is 2. The number of rotatable bonds is 8. The van der Waals surface area contributed by atoms with E-state index in [0.29, 0.717) is 36.4 Å². The van der Waals surface area contributed by atoms with Crippen LogP contribution in [0.2, 0.25) is 0 Å². The molecule has 42 heavy (non-hydrogen) atoms. The molecule has 0 unspecified atom stereocenters. The van der Waals surface area contributed by atoms with E-state index in [1.54, 1.807) is 10.9 Å². The second-order valence-corrected chi connectivity index (χ2v) is 9.43. The van der Waals surface area contributed by atoms with Crippen LogP contribution >= 0.6 is 0 Å². The standard InChI is InChI=1S/C26H24F9N7/c1-4-16-14-42(5-2)37-22(16)21-7-6-18(24(27,28)29)10-17(21)13-41(23-36-39-40(3)38-23)12-15-8-19(25(30,31)32)11-20(9-15)26(33,34)35/h6-11,14H,4-5,12-13H2,1-3H3. The van der Waals surface area contributed by atoms with E-state index in [9.17, 15) is 39.5 Å². The number of alkyl halides is 9. The molecule has 0 aliphatic carbocycles. The van der Waals surface area contributed by atoms with E-state index in [1.165, 1.54) is 13.1 Å². The molecule has 4 aromatic rings. The summed E-state index contributed by atoms with van der Waals surface area (Å²) in [4.78, 5) is 2.16. The molecule has 0 saturated heterocycles. The molecule has 0 saturated carbocycles. The summed E-state index contributed by atoms with van der Waals surface area (Å²) in [5.74, 6) is -0.221. The Bertz CT molecular complexity index is 1520. The fourth-order valence-electron chi connectivity index (χ4n) is 4.38. The lowest BCUT2D eigenvalue weighted by Crippen LogP contribution is -2.25. The largest absolute Gasteiger partial charge is 0.416 e. The van der Waals surface area contributed by atoms with Crippen molar-refractivity contribution in [3.8, 4) is 11.3 Å². The fourth-order valence-corrected chi connectivity index (χ4v) is 4.38. The number of aryl methyl sites for hydroxylation is 3. The van der Waals surface area contributed by atoms with Crippen LogP contribution in [0.4, 0.5) is 45.5 Å². The number of hydrogen-bond acceptors (Lipinski definition) is 5. The number of tetrazole rings is 1. The van der Waals surface area contributed by atoms with Gasteiger partial charge in [-0.05, 0) is 65.6 Å². The first-order valence-corrected chi connectivity index (χ1v) is 12.5. The molecule has 0 radical (unpaired) electrons. The van der Waals surface area contributed by atoms with Crippen molar-refractivity contribution in [2.75, 3.05) is 4.90 Å². The fraction of sp³-hybridized carbons (Fsp3) is 0.385. The maximum absolute atomic E-state index is 13.7. The minimum absolute atomic E-state index is 0.00431. The molecule has 2 heterocycles. The summed E-state index contributed by atoms with van der Waals surface area (Å²) in [5, 5.41) is 16.0. The van der Waals surface area contributed by atoms with Crippen molar-refractivity contribution < 1.29 is 39.5 Å². The molecule has 16 heteroatoms. The molecule has 0 fully saturated rings. The van der Waals surface area contributed by atoms with E-state index in [2.05, 4.69) is 20.5 Å². The van der Waals surface area contributed by atoms with E-state index in [4.69, 9.17) is 0 Å². The second-order valence-electron chi connectivity index (χ2n) is 9.43. The molecule has 226 valence electrons. The predicted molar refractivity (Wildman–Crippen MR) is 133 cm³/mol. The van der Waals surface area contributed by atoms with Crippen molar-refractivity contribution in [2.24, 2.45) is 7.05 Å². The first-order valence-electron chi connectivity index (χ1n) is 12.5. The van der Waals surface area contributed by atoms with Crippen molar-refractivity contribution in [2.45, 2.75) is 58.4 Å². The summed E-state index contributed by atoms with van der Waals surface area (Å²) in [5.41, 5.74) is -2.99. The van der Waals surface area contributed by atoms with Gasteiger partial charge in [0.1, 0.15) is 0 Å². The van der Waals surface area contributed by atoms with Crippen LogP contribution in [-0.4, -0.2) is 30.0 Å². The van der Waals surface area contributed by atoms with Gasteiger partial charge in [-0.2, -0.15) is 49.4 Å². The van der Waals surface area contributed by atoms with Crippen molar-refractivity contribution >= 4 is 5.95 Å². The molecule has 2 aromatic carbocycles. The molecule has 0 aliphatic rings. The van der Waals surface area contributed by atoms with Gasteiger partial charge in [0.25, 0.3) is 5.95 Å². The highest BCUT2D eigenvalue weighted by Gasteiger charge is 2.37. The molecule has 0 aliphatic heterocycles. The average molecular weight is 606 g/mol. The summed E-state index contributed by atoms with van der Waals surface area (Å²) in [6.45, 7) is 3.11. The Kier molecular flexibility index (Phi) is 8.29. The van der Waals surface area contributed by atoms with Crippen LogP contribution in [0, 0.1) is 0 Å². The number of aromatic nitrogens is 6. The van der Waals surface area contributed by atoms with E-state index >= 15 is 0 Å². The Labute approximate surface area is 233 Å². The molecule has 0 spiro atoms. The number of halogens is 9. The third-order valence-electron chi connectivity index (χ3n) is 6.39. The molecule has 0 N–H and O–H groups in total. The molecule has 4 rings (SSSR count). The maximum Gasteiger partial charge on any atom is 0.416 e. The molecule has 7 nitrogen and oxygen atoms in total. The zero-order valence-corrected chi connectivity index (χ0v) is 22.4. The Morgan fingerprint density at radius 1 is 0.738 bits per heavy atom. The molecule has 2 aromatic heterocycles. The molecule has 0 bridgehead atoms. The van der Waals surface area contributed by atoms with E-state index < -0.39 is 53.9 Å². The van der Waals surface area contributed by atoms with Gasteiger partial charge in [-0.1, -0.05) is 18.1 Å². The second kappa shape index (κ2) is 11.3. The normalized spacial score (nSPS) is 12.7. The lowest BCUT2D eigenvalue weighted by molar-refractivity contribution is -0.143. The van der Waals surface area contributed by atoms with Crippen LogP contribution in [0.3, 0.4) is 0 Å². The molecular formula is C26H24F9N7. The van der Waals surface area contributed by atoms with Gasteiger partial charge in [-0.3, -0.25) is 4.68 Å². The zero-order chi connectivity index (χ0) is 31.0. The van der Waals surface area contributed by atoms with Gasteiger partial charge in [0.05, 0.1) is 29.4 Å². The van der Waals surface area contributed by atoms with Gasteiger partial charge >= 0.3 is 18.5 Å². The van der Waals surface area contributed by atoms with Crippen molar-refractivity contribution in [3.05, 3.63) is 76.0 Å². The first-order chi connectivity index (χ1) is 19.5. The minimum Gasteiger partial charge on any atom is -0.330 e. The summed E-state index contributed by atoms with van der Waals surface area (Å²) >= 11 is 0. The average Bonchev–Trinajstić information content (AvgIpc) is 3.52. The molecule has 0 atom stereocenters. The van der Waals surface area contributed by atoms with E-state index in [0.717, 1.165) is 27.4 Å². The predicted octanol–water partition coefficient (Wildman–Crippen LogP) is 6.92. The first kappa shape index (κ1) is 30.8. The summed E-state index contributed by atoms with van der Waals surface area (Å²) in [7, 11) is 1.38. The zero-order valence-electron chi connectivity index (χ0n) is 22.4. The third-order valence-corrected chi connectivity index (χ3v) is 6.39. The van der Waals surface area contributed by atoms with Gasteiger partial charge in [0.15, 0.2) is 0 Å². The van der Waals surface area contributed by atoms with Crippen molar-refractivity contribution in [3.63, 3.8) is 0 Å². The van der Waals surface area contributed by atoms with Gasteiger partial charge in [-0.15, -0.1) is 5.10 Å². The maximum atomic E-state index is 13.7. The van der Waals surface area contributed by atoms with Gasteiger partial charge in [0, 0.05) is 31.4 Å². The van der Waals surface area contributed by atoms with Gasteiger partial charge in [-0.25, -0.2) is 0 Å². The quantitative estimate of drug-likeness (QED) is 0.204. The lowest BCUT2D eigenvalue weighted by atomic mass is 9.97. The summed E-state index contributed by atoms with van der Waals surface area (Å²) < 4.78 is 124. The van der Waals surface area contributed by atoms with Crippen LogP contribution in [0.5, 0.6) is 0 Å². The minimum atomic E-state index is -5.09. The Morgan fingerprint density at radius 3 is 1.86 bits per heavy atom. The number of anilines is 1. The van der Waals surface area contributed by atoms with Gasteiger partial charge in [0.2, 0.25) is 0 Å². The van der Waals surface area contributed by atoms with Crippen LogP contribution in [0.25, 0.3) is 11.3 Å². The van der Waals surface area contributed by atoms with Crippen LogP contribution in [0.1, 0.15) is 47.2 Å². The Balaban J connectivity index is 1.87. The lowest BCUT2D eigenvalue weighted by Gasteiger charge is -2.24. The van der Waals surface area contributed by atoms with E-state index in [-0.39, 0.29) is 17.6 Å². The Hall–Kier alpha value is -4.11. The summed E-state index contributed by atoms with van der Waals surface area (Å²) in [6.07, 6.45) is -12.7. The molecule has 0 amide bonds. The highest BCUT2D eigenvalue weighted by atomic mass is 19.4. The number of hydrogen-bond donors (Lipinski definition) is 0. The van der Waals surface area contributed by atoms with Crippen LogP contribution < -0.4 is 4.90 Å². The summed E-state index contributed by atoms with van der Waals surface area (Å²) in [6, 6.07) is 4.09. The van der Waals surface area contributed by atoms with Crippen molar-refractivity contribution in [1.29, 1.82) is 0 Å². The molecular weight excluding hydrogens is 581 g/mol. The van der Waals surface area contributed by atoms with Gasteiger partial charge < -0.3 is 4.90 Å². The van der Waals surface area contributed by atoms with Crippen LogP contribution in [-0.2, 0) is 51.6 Å². The number of nitrogens with zero attached hydrogens (tertiary/aromatic N) is 7. The van der Waals surface area contributed by atoms with E-state index in [1.807, 2.05) is 13.8 Å². The van der Waals surface area contributed by atoms with Crippen molar-refractivity contribution in [1.82, 2.24) is 30.0 Å². The SMILES string of the molecule is CCc1cn(CC)nc1-c1ccc(C(F)(F)F)cc1CN(Cc1cc(C(F)(F)F)cc(C(F)(F)F)c1)c1nnn(C)n1. The monoisotopic (exact) mass is 605 g/mol. The topological polar surface area (TPSA) is 64.7 Å². The highest BCUT2D eigenvalue weighted by molar-refractivity contribution is 5.68. The van der Waals surface area contributed by atoms with Crippen LogP contribution in [0.15, 0.2) is 42.6 Å². The smallest absolute Gasteiger partial charge is 0.330 e.